The van der Waals surface area contributed by atoms with E-state index in [4.69, 9.17) is 5.11 Å². The molecule has 2 amide bonds. The van der Waals surface area contributed by atoms with Crippen LogP contribution in [0.4, 0.5) is 10.5 Å². The van der Waals surface area contributed by atoms with Crippen LogP contribution in [0.5, 0.6) is 0 Å². The van der Waals surface area contributed by atoms with Crippen molar-refractivity contribution in [3.8, 4) is 11.4 Å². The lowest BCUT2D eigenvalue weighted by atomic mass is 10.1. The standard InChI is InChI=1S/C18H22N4O2/c1-2-22-9-8-19-17(22)14-4-3-5-15(11-14)20-18(24)21-16-7-6-13(10-16)12-23/h3-9,11,13,16,23H,2,10,12H2,1H3,(H2,20,21,24)/t13-,16+/m0/s1. The van der Waals surface area contributed by atoms with Crippen molar-refractivity contribution in [2.45, 2.75) is 25.9 Å². The van der Waals surface area contributed by atoms with Gasteiger partial charge in [0.15, 0.2) is 0 Å². The van der Waals surface area contributed by atoms with E-state index >= 15 is 0 Å². The van der Waals surface area contributed by atoms with E-state index in [1.165, 1.54) is 0 Å². The number of carbonyl (C=O) groups is 1. The first-order valence-electron chi connectivity index (χ1n) is 8.18. The zero-order chi connectivity index (χ0) is 16.9. The number of hydrogen-bond donors (Lipinski definition) is 3. The summed E-state index contributed by atoms with van der Waals surface area (Å²) in [5.74, 6) is 1.01. The molecule has 0 spiro atoms. The Labute approximate surface area is 141 Å². The van der Waals surface area contributed by atoms with Gasteiger partial charge in [0.25, 0.3) is 0 Å². The molecule has 0 saturated carbocycles. The highest BCUT2D eigenvalue weighted by Gasteiger charge is 2.19. The van der Waals surface area contributed by atoms with Crippen molar-refractivity contribution in [2.24, 2.45) is 5.92 Å². The number of aromatic nitrogens is 2. The maximum absolute atomic E-state index is 12.1. The van der Waals surface area contributed by atoms with Gasteiger partial charge in [-0.3, -0.25) is 0 Å². The number of aliphatic hydroxyl groups is 1. The zero-order valence-corrected chi connectivity index (χ0v) is 13.6. The van der Waals surface area contributed by atoms with Gasteiger partial charge >= 0.3 is 6.03 Å². The predicted molar refractivity (Wildman–Crippen MR) is 93.6 cm³/mol. The van der Waals surface area contributed by atoms with Gasteiger partial charge in [0, 0.05) is 48.8 Å². The van der Waals surface area contributed by atoms with Gasteiger partial charge in [0.05, 0.1) is 0 Å². The Morgan fingerprint density at radius 2 is 2.29 bits per heavy atom. The van der Waals surface area contributed by atoms with Gasteiger partial charge < -0.3 is 20.3 Å². The van der Waals surface area contributed by atoms with Crippen LogP contribution in [0.15, 0.2) is 48.8 Å². The number of carbonyl (C=O) groups excluding carboxylic acids is 1. The molecule has 0 fully saturated rings. The van der Waals surface area contributed by atoms with E-state index in [-0.39, 0.29) is 24.6 Å². The first-order chi connectivity index (χ1) is 11.7. The van der Waals surface area contributed by atoms with Crippen LogP contribution in [0.3, 0.4) is 0 Å². The van der Waals surface area contributed by atoms with Gasteiger partial charge in [0.1, 0.15) is 5.82 Å². The van der Waals surface area contributed by atoms with Crippen molar-refractivity contribution in [1.29, 1.82) is 0 Å². The number of anilines is 1. The third kappa shape index (κ3) is 3.65. The van der Waals surface area contributed by atoms with Crippen LogP contribution in [-0.4, -0.2) is 33.3 Å². The Bertz CT molecular complexity index is 738. The lowest BCUT2D eigenvalue weighted by molar-refractivity contribution is 0.238. The number of hydrogen-bond acceptors (Lipinski definition) is 3. The Hall–Kier alpha value is -2.60. The monoisotopic (exact) mass is 326 g/mol. The van der Waals surface area contributed by atoms with Gasteiger partial charge in [-0.1, -0.05) is 24.3 Å². The molecule has 0 radical (unpaired) electrons. The van der Waals surface area contributed by atoms with Gasteiger partial charge in [-0.05, 0) is 25.5 Å². The number of rotatable bonds is 5. The Balaban J connectivity index is 1.65. The topological polar surface area (TPSA) is 79.2 Å². The molecule has 6 heteroatoms. The van der Waals surface area contributed by atoms with E-state index in [1.807, 2.05) is 42.6 Å². The fourth-order valence-electron chi connectivity index (χ4n) is 2.91. The molecule has 1 heterocycles. The molecule has 1 aliphatic carbocycles. The van der Waals surface area contributed by atoms with Crippen molar-refractivity contribution in [3.63, 3.8) is 0 Å². The second-order valence-electron chi connectivity index (χ2n) is 5.89. The molecule has 0 bridgehead atoms. The maximum atomic E-state index is 12.1. The molecular formula is C18H22N4O2. The van der Waals surface area contributed by atoms with Gasteiger partial charge in [-0.2, -0.15) is 0 Å². The minimum Gasteiger partial charge on any atom is -0.396 e. The van der Waals surface area contributed by atoms with Crippen LogP contribution in [0.25, 0.3) is 11.4 Å². The lowest BCUT2D eigenvalue weighted by Gasteiger charge is -2.14. The fourth-order valence-corrected chi connectivity index (χ4v) is 2.91. The number of urea groups is 1. The van der Waals surface area contributed by atoms with E-state index in [0.717, 1.165) is 30.0 Å². The van der Waals surface area contributed by atoms with E-state index in [0.29, 0.717) is 0 Å². The third-order valence-electron chi connectivity index (χ3n) is 4.16. The summed E-state index contributed by atoms with van der Waals surface area (Å²) in [6, 6.07) is 7.35. The van der Waals surface area contributed by atoms with Crippen LogP contribution < -0.4 is 10.6 Å². The molecule has 1 aromatic heterocycles. The molecule has 2 aromatic rings. The largest absolute Gasteiger partial charge is 0.396 e. The Morgan fingerprint density at radius 3 is 3.04 bits per heavy atom. The van der Waals surface area contributed by atoms with E-state index in [2.05, 4.69) is 27.1 Å². The SMILES string of the molecule is CCn1ccnc1-c1cccc(NC(=O)N[C@@H]2C=C[C@H](CO)C2)c1. The van der Waals surface area contributed by atoms with Crippen molar-refractivity contribution < 1.29 is 9.90 Å². The van der Waals surface area contributed by atoms with E-state index < -0.39 is 0 Å². The Kier molecular flexibility index (Phi) is 4.96. The molecule has 0 unspecified atom stereocenters. The summed E-state index contributed by atoms with van der Waals surface area (Å²) in [6.07, 6.45) is 8.31. The molecular weight excluding hydrogens is 304 g/mol. The molecule has 6 nitrogen and oxygen atoms in total. The second kappa shape index (κ2) is 7.31. The van der Waals surface area contributed by atoms with E-state index in [9.17, 15) is 4.79 Å². The highest BCUT2D eigenvalue weighted by molar-refractivity contribution is 5.90. The quantitative estimate of drug-likeness (QED) is 0.739. The number of aliphatic hydroxyl groups excluding tert-OH is 1. The van der Waals surface area contributed by atoms with Crippen molar-refractivity contribution >= 4 is 11.7 Å². The van der Waals surface area contributed by atoms with Crippen molar-refractivity contribution in [2.75, 3.05) is 11.9 Å². The number of nitrogens with one attached hydrogen (secondary N) is 2. The molecule has 0 aliphatic heterocycles. The van der Waals surface area contributed by atoms with Gasteiger partial charge in [0.2, 0.25) is 0 Å². The summed E-state index contributed by atoms with van der Waals surface area (Å²) >= 11 is 0. The number of nitrogens with zero attached hydrogens (tertiary/aromatic N) is 2. The third-order valence-corrected chi connectivity index (χ3v) is 4.16. The normalized spacial score (nSPS) is 19.4. The van der Waals surface area contributed by atoms with Crippen molar-refractivity contribution in [3.05, 3.63) is 48.8 Å². The van der Waals surface area contributed by atoms with Crippen LogP contribution >= 0.6 is 0 Å². The molecule has 1 aromatic carbocycles. The summed E-state index contributed by atoms with van der Waals surface area (Å²) in [7, 11) is 0. The second-order valence-corrected chi connectivity index (χ2v) is 5.89. The molecule has 3 N–H and O–H groups in total. The maximum Gasteiger partial charge on any atom is 0.319 e. The number of amides is 2. The van der Waals surface area contributed by atoms with Crippen LogP contribution in [0, 0.1) is 5.92 Å². The number of imidazole rings is 1. The van der Waals surface area contributed by atoms with Crippen LogP contribution in [-0.2, 0) is 6.54 Å². The van der Waals surface area contributed by atoms with Gasteiger partial charge in [-0.15, -0.1) is 0 Å². The average Bonchev–Trinajstić information content (AvgIpc) is 3.23. The first kappa shape index (κ1) is 16.3. The summed E-state index contributed by atoms with van der Waals surface area (Å²) in [5, 5.41) is 14.9. The van der Waals surface area contributed by atoms with E-state index in [1.54, 1.807) is 6.20 Å². The Morgan fingerprint density at radius 1 is 1.42 bits per heavy atom. The fraction of sp³-hybridized carbons (Fsp3) is 0.333. The summed E-state index contributed by atoms with van der Waals surface area (Å²) in [4.78, 5) is 16.5. The molecule has 3 rings (SSSR count). The number of aryl methyl sites for hydroxylation is 1. The molecule has 24 heavy (non-hydrogen) atoms. The van der Waals surface area contributed by atoms with Crippen LogP contribution in [0.2, 0.25) is 0 Å². The average molecular weight is 326 g/mol. The molecule has 0 saturated heterocycles. The highest BCUT2D eigenvalue weighted by Crippen LogP contribution is 2.22. The molecule has 126 valence electrons. The predicted octanol–water partition coefficient (Wildman–Crippen LogP) is 2.63. The summed E-state index contributed by atoms with van der Waals surface area (Å²) in [5.41, 5.74) is 1.68. The minimum atomic E-state index is -0.251. The molecule has 2 atom stereocenters. The summed E-state index contributed by atoms with van der Waals surface area (Å²) < 4.78 is 2.05. The molecule has 1 aliphatic rings. The highest BCUT2D eigenvalue weighted by atomic mass is 16.3. The van der Waals surface area contributed by atoms with Crippen molar-refractivity contribution in [1.82, 2.24) is 14.9 Å². The number of benzene rings is 1. The zero-order valence-electron chi connectivity index (χ0n) is 13.6. The first-order valence-corrected chi connectivity index (χ1v) is 8.18. The van der Waals surface area contributed by atoms with Gasteiger partial charge in [-0.25, -0.2) is 9.78 Å². The smallest absolute Gasteiger partial charge is 0.319 e. The summed E-state index contributed by atoms with van der Waals surface area (Å²) in [6.45, 7) is 3.02. The minimum absolute atomic E-state index is 0.0377. The van der Waals surface area contributed by atoms with Crippen LogP contribution in [0.1, 0.15) is 13.3 Å². The lowest BCUT2D eigenvalue weighted by Crippen LogP contribution is -2.36.